The summed E-state index contributed by atoms with van der Waals surface area (Å²) < 4.78 is 58.9. The first kappa shape index (κ1) is 110. The number of nitrogens with one attached hydrogen (secondary N) is 8. The molecule has 22 rings (SSSR count). The summed E-state index contributed by atoms with van der Waals surface area (Å²) in [6.07, 6.45) is 91.6. The van der Waals surface area contributed by atoms with Crippen LogP contribution in [0, 0.1) is 130 Å². The largest absolute Gasteiger partial charge is 4.00 e. The number of fused-ring (bicyclic) bond motifs is 16. The number of alkyl halides is 3. The number of piperidine rings is 2. The molecule has 12 aliphatic heterocycles. The van der Waals surface area contributed by atoms with Crippen LogP contribution in [0.3, 0.4) is 0 Å². The Hall–Kier alpha value is 0.0683. The van der Waals surface area contributed by atoms with Crippen molar-refractivity contribution < 1.29 is 47.2 Å². The van der Waals surface area contributed by atoms with E-state index < -0.39 is 15.6 Å². The standard InChI is InChI=1S/2C46H80N5.C27H44P2.CHF3O3S.Pt/c2*1-28-4-10-31(11-5-28)43-35-16-18-37(48-35)44(32-12-6-29(2)7-13-32)39-20-22-41(50-39)46(34-24-26-47-27-25-34)42-23-21-40(51-42)45(38-19-17-36(43)49-38)33-14-8-30(3)9-15-33;1-5-14-24(15-6-1)28(25-16-7-2-8-17-25)22-13-23-29(26-18-9-3-10-19-26)27-20-11-4-12-21-27;2-1(3,4)8(5,6)7;/h2*28-46,48-51H,4-27H2,1-3H3;1,5-6,14-15,25-27H,2-4,7-13,16-23H2;(H,5,6,7);/q2*-1;;;+4/p+1. The fourth-order valence-electron chi connectivity index (χ4n) is 38.0. The summed E-state index contributed by atoms with van der Waals surface area (Å²) >= 11 is 0. The van der Waals surface area contributed by atoms with E-state index in [1.54, 1.807) is 75.4 Å². The Kier molecular flexibility index (Phi) is 41.0. The normalized spacial score (nSPS) is 44.4. The molecule has 0 radical (unpaired) electrons. The van der Waals surface area contributed by atoms with Gasteiger partial charge in [-0.05, 0) is 399 Å². The molecule has 9 aliphatic carbocycles. The Labute approximate surface area is 870 Å². The van der Waals surface area contributed by atoms with Crippen molar-refractivity contribution in [1.29, 1.82) is 0 Å². The molecule has 21 aliphatic rings. The van der Waals surface area contributed by atoms with Gasteiger partial charge in [0, 0.05) is 119 Å². The molecule has 21 atom stereocenters. The molecule has 20 heteroatoms. The van der Waals surface area contributed by atoms with E-state index in [9.17, 15) is 13.2 Å². The summed E-state index contributed by atoms with van der Waals surface area (Å²) in [7, 11) is -6.59. The van der Waals surface area contributed by atoms with Crippen molar-refractivity contribution in [3.8, 4) is 0 Å². The van der Waals surface area contributed by atoms with Gasteiger partial charge in [-0.1, -0.05) is 182 Å². The Morgan fingerprint density at radius 1 is 0.271 bits per heavy atom. The van der Waals surface area contributed by atoms with E-state index in [1.807, 2.05) is 0 Å². The van der Waals surface area contributed by atoms with E-state index in [4.69, 9.17) is 23.6 Å². The maximum Gasteiger partial charge on any atom is 4.00 e. The molecule has 12 saturated heterocycles. The van der Waals surface area contributed by atoms with Crippen LogP contribution in [0.4, 0.5) is 13.2 Å². The maximum atomic E-state index is 10.7. The third-order valence-corrected chi connectivity index (χ3v) is 53.5. The predicted octanol–water partition coefficient (Wildman–Crippen LogP) is 26.6. The summed E-state index contributed by atoms with van der Waals surface area (Å²) in [5.74, 6) is 19.3. The van der Waals surface area contributed by atoms with Crippen LogP contribution in [0.15, 0.2) is 30.3 Å². The molecule has 21 fully saturated rings. The van der Waals surface area contributed by atoms with Crippen LogP contribution in [-0.4, -0.2) is 171 Å². The topological polar surface area (TPSA) is 182 Å². The molecular weight excluding hydrogens is 1980 g/mol. The van der Waals surface area contributed by atoms with Gasteiger partial charge in [-0.3, -0.25) is 0 Å². The molecule has 1 aromatic carbocycles. The van der Waals surface area contributed by atoms with Gasteiger partial charge in [-0.2, -0.15) is 13.2 Å². The molecule has 13 nitrogen and oxygen atoms in total. The molecule has 1 aromatic rings. The van der Waals surface area contributed by atoms with Crippen molar-refractivity contribution in [3.05, 3.63) is 41.0 Å². The molecule has 12 heterocycles. The van der Waals surface area contributed by atoms with Gasteiger partial charge in [0.1, 0.15) is 0 Å². The van der Waals surface area contributed by atoms with Gasteiger partial charge in [0.05, 0.1) is 34.6 Å². The number of nitrogens with zero attached hydrogens (tertiary/aromatic N) is 2. The van der Waals surface area contributed by atoms with Crippen LogP contribution < -0.4 is 47.8 Å². The molecule has 9 saturated carbocycles. The van der Waals surface area contributed by atoms with Crippen LogP contribution in [0.2, 0.25) is 0 Å². The van der Waals surface area contributed by atoms with Gasteiger partial charge in [-0.25, -0.2) is 8.42 Å². The summed E-state index contributed by atoms with van der Waals surface area (Å²) in [6.45, 7) is 19.6. The number of hydrogen-bond donors (Lipinski definition) is 8. The first-order valence-corrected chi connectivity index (χ1v) is 66.8. The van der Waals surface area contributed by atoms with Crippen LogP contribution in [0.1, 0.15) is 427 Å². The van der Waals surface area contributed by atoms with Crippen molar-refractivity contribution in [3.63, 3.8) is 0 Å². The minimum Gasteiger partial charge on any atom is -0.741 e. The number of rotatable bonds is 16. The number of benzene rings is 1. The molecule has 8 N–H and O–H groups in total. The molecule has 16 bridgehead atoms. The quantitative estimate of drug-likeness (QED) is 0.0448. The van der Waals surface area contributed by atoms with Crippen LogP contribution >= 0.6 is 15.8 Å². The average Bonchev–Trinajstić information content (AvgIpc) is 1.61. The Morgan fingerprint density at radius 2 is 0.457 bits per heavy atom. The SMILES string of the molecule is CC1CCC(C2C3CCC(N3)C(C3CC[N-]CC3)C3CCC(N3)C(C3CCC(C)CC3)C3CCC(N3)C(C3CCC(C)CC3)C3CCC2N3)CC1.CC1CCC(C2C3CCC(N3)C(C3CC[N-]CC3)C3CCC(N3)C(C3CCC(C)CC3)C3CCC(N3)C(C3CCC(C)CC3)C3CCC2N3)CC1.O=S(=O)([O-])C(F)(F)F.[Pt+4].c1ccc([PH+](CCC[PH+](C2CCCCC2)C2CCCCC2)C2CCCCC2)cc1. The summed E-state index contributed by atoms with van der Waals surface area (Å²) in [4.78, 5) is 0. The summed E-state index contributed by atoms with van der Waals surface area (Å²) in [5.41, 5.74) is -2.22. The second-order valence-electron chi connectivity index (χ2n) is 53.6. The maximum absolute atomic E-state index is 10.7. The number of halogens is 3. The Bertz CT molecular complexity index is 3540. The molecule has 0 amide bonds. The van der Waals surface area contributed by atoms with Crippen molar-refractivity contribution in [2.45, 2.75) is 546 Å². The summed E-state index contributed by atoms with van der Waals surface area (Å²) in [6, 6.07) is 23.2. The van der Waals surface area contributed by atoms with Gasteiger partial charge in [0.25, 0.3) is 0 Å². The fourth-order valence-corrected chi connectivity index (χ4v) is 46.1. The molecule has 0 spiro atoms. The van der Waals surface area contributed by atoms with Gasteiger partial charge in [0.2, 0.25) is 0 Å². The minimum absolute atomic E-state index is 0. The Balaban J connectivity index is 0.000000138. The third kappa shape index (κ3) is 27.5. The van der Waals surface area contributed by atoms with Crippen molar-refractivity contribution in [2.75, 3.05) is 38.5 Å². The zero-order valence-corrected chi connectivity index (χ0v) is 94.3. The zero-order valence-electron chi connectivity index (χ0n) is 89.2. The van der Waals surface area contributed by atoms with Gasteiger partial charge in [0.15, 0.2) is 10.1 Å². The molecule has 21 unspecified atom stereocenters. The number of hydrogen-bond acceptors (Lipinski definition) is 11. The van der Waals surface area contributed by atoms with Crippen molar-refractivity contribution >= 4 is 31.3 Å². The third-order valence-electron chi connectivity index (χ3n) is 45.2. The van der Waals surface area contributed by atoms with E-state index in [0.717, 1.165) is 210 Å². The molecule has 140 heavy (non-hydrogen) atoms. The van der Waals surface area contributed by atoms with E-state index in [-0.39, 0.29) is 36.9 Å². The van der Waals surface area contributed by atoms with E-state index >= 15 is 0 Å². The molecule has 0 aromatic heterocycles. The van der Waals surface area contributed by atoms with Gasteiger partial charge < -0.3 is 57.7 Å². The molecular formula is C120H206F3N10O3P2PtS+3. The Morgan fingerprint density at radius 3 is 0.650 bits per heavy atom. The smallest absolute Gasteiger partial charge is 0.741 e. The second kappa shape index (κ2) is 52.3. The fraction of sp³-hybridized carbons (Fsp3) is 0.950. The van der Waals surface area contributed by atoms with Crippen LogP contribution in [0.25, 0.3) is 10.6 Å². The predicted molar refractivity (Wildman–Crippen MR) is 579 cm³/mol. The zero-order chi connectivity index (χ0) is 95.7. The van der Waals surface area contributed by atoms with Crippen LogP contribution in [-0.2, 0) is 31.2 Å². The second-order valence-corrected chi connectivity index (χ2v) is 61.2. The van der Waals surface area contributed by atoms with Gasteiger partial charge >= 0.3 is 26.6 Å². The van der Waals surface area contributed by atoms with Crippen molar-refractivity contribution in [1.82, 2.24) is 42.5 Å². The first-order valence-electron chi connectivity index (χ1n) is 61.8. The van der Waals surface area contributed by atoms with Gasteiger partial charge in [-0.15, -0.1) is 26.2 Å². The van der Waals surface area contributed by atoms with E-state index in [1.165, 1.54) is 339 Å². The van der Waals surface area contributed by atoms with Crippen molar-refractivity contribution in [2.24, 2.45) is 130 Å². The first-order chi connectivity index (χ1) is 67.6. The van der Waals surface area contributed by atoms with E-state index in [0.29, 0.717) is 48.3 Å². The average molecular weight is 2180 g/mol. The van der Waals surface area contributed by atoms with Crippen LogP contribution in [0.5, 0.6) is 0 Å². The minimum atomic E-state index is -6.09. The summed E-state index contributed by atoms with van der Waals surface area (Å²) in [5, 5.41) is 48.5. The molecule has 798 valence electrons. The monoisotopic (exact) mass is 2180 g/mol. The van der Waals surface area contributed by atoms with E-state index in [2.05, 4.69) is 114 Å².